The number of aliphatic hydroxyl groups is 1. The van der Waals surface area contributed by atoms with Gasteiger partial charge in [0.25, 0.3) is 0 Å². The maximum Gasteiger partial charge on any atom is 0.346 e. The van der Waals surface area contributed by atoms with Crippen LogP contribution in [0.3, 0.4) is 0 Å². The molecule has 0 aromatic heterocycles. The van der Waals surface area contributed by atoms with Crippen molar-refractivity contribution in [3.05, 3.63) is 48.0 Å². The Morgan fingerprint density at radius 1 is 1.33 bits per heavy atom. The summed E-state index contributed by atoms with van der Waals surface area (Å²) in [7, 11) is 0. The minimum atomic E-state index is -0.746. The zero-order chi connectivity index (χ0) is 13.5. The highest BCUT2D eigenvalue weighted by molar-refractivity contribution is 6.01. The molecule has 1 unspecified atom stereocenters. The minimum absolute atomic E-state index is 0.0427. The quantitative estimate of drug-likeness (QED) is 0.491. The second-order valence-electron chi connectivity index (χ2n) is 4.14. The monoisotopic (exact) mass is 248 g/mol. The van der Waals surface area contributed by atoms with Crippen molar-refractivity contribution in [1.29, 1.82) is 0 Å². The van der Waals surface area contributed by atoms with Crippen molar-refractivity contribution < 1.29 is 19.4 Å². The zero-order valence-corrected chi connectivity index (χ0v) is 10.3. The molecule has 0 aliphatic carbocycles. The lowest BCUT2D eigenvalue weighted by atomic mass is 10.0. The van der Waals surface area contributed by atoms with Crippen molar-refractivity contribution >= 4 is 11.9 Å². The Morgan fingerprint density at radius 2 is 1.94 bits per heavy atom. The molecule has 0 aliphatic rings. The summed E-state index contributed by atoms with van der Waals surface area (Å²) >= 11 is 0. The van der Waals surface area contributed by atoms with E-state index in [4.69, 9.17) is 5.11 Å². The van der Waals surface area contributed by atoms with Gasteiger partial charge >= 0.3 is 11.9 Å². The van der Waals surface area contributed by atoms with Gasteiger partial charge in [-0.05, 0) is 24.5 Å². The van der Waals surface area contributed by atoms with Crippen LogP contribution >= 0.6 is 0 Å². The van der Waals surface area contributed by atoms with Crippen LogP contribution in [0.25, 0.3) is 0 Å². The summed E-state index contributed by atoms with van der Waals surface area (Å²) in [6.45, 7) is 5.28. The molecule has 0 fully saturated rings. The molecule has 1 N–H and O–H groups in total. The Balaban J connectivity index is 2.55. The number of carbonyl (C=O) groups excluding carboxylic acids is 2. The van der Waals surface area contributed by atoms with Crippen LogP contribution in [0.15, 0.2) is 42.5 Å². The number of hydrogen-bond acceptors (Lipinski definition) is 4. The molecular weight excluding hydrogens is 232 g/mol. The maximum absolute atomic E-state index is 11.6. The van der Waals surface area contributed by atoms with Gasteiger partial charge in [-0.15, -0.1) is 0 Å². The molecule has 0 amide bonds. The number of carbonyl (C=O) groups is 2. The number of aliphatic hydroxyl groups excluding tert-OH is 1. The fraction of sp³-hybridized carbons (Fsp3) is 0.286. The molecule has 0 bridgehead atoms. The van der Waals surface area contributed by atoms with Gasteiger partial charge in [0.05, 0.1) is 5.56 Å². The molecule has 4 heteroatoms. The molecular formula is C14H16O4. The van der Waals surface area contributed by atoms with Gasteiger partial charge in [0.2, 0.25) is 0 Å². The standard InChI is InChI=1S/C14H16O4/c1-10(9-15)8-11(2)13(16)18-14(17)12-6-4-3-5-7-12/h3-7,10,15H,2,8-9H2,1H3. The van der Waals surface area contributed by atoms with Crippen molar-refractivity contribution in [2.75, 3.05) is 6.61 Å². The first-order valence-corrected chi connectivity index (χ1v) is 5.64. The summed E-state index contributed by atoms with van der Waals surface area (Å²) in [4.78, 5) is 23.1. The van der Waals surface area contributed by atoms with Crippen LogP contribution < -0.4 is 0 Å². The predicted octanol–water partition coefficient (Wildman–Crippen LogP) is 1.94. The van der Waals surface area contributed by atoms with Gasteiger partial charge in [0, 0.05) is 12.2 Å². The van der Waals surface area contributed by atoms with E-state index in [2.05, 4.69) is 11.3 Å². The summed E-state index contributed by atoms with van der Waals surface area (Å²) in [5, 5.41) is 8.87. The third kappa shape index (κ3) is 4.14. The van der Waals surface area contributed by atoms with Crippen molar-refractivity contribution in [3.8, 4) is 0 Å². The third-order valence-electron chi connectivity index (χ3n) is 2.39. The molecule has 0 saturated carbocycles. The van der Waals surface area contributed by atoms with E-state index in [1.165, 1.54) is 0 Å². The largest absolute Gasteiger partial charge is 0.396 e. The van der Waals surface area contributed by atoms with E-state index in [0.29, 0.717) is 12.0 Å². The second kappa shape index (κ2) is 6.71. The third-order valence-corrected chi connectivity index (χ3v) is 2.39. The highest BCUT2D eigenvalue weighted by atomic mass is 16.6. The van der Waals surface area contributed by atoms with Gasteiger partial charge in [0.15, 0.2) is 0 Å². The van der Waals surface area contributed by atoms with Crippen molar-refractivity contribution in [1.82, 2.24) is 0 Å². The highest BCUT2D eigenvalue weighted by Gasteiger charge is 2.17. The minimum Gasteiger partial charge on any atom is -0.396 e. The lowest BCUT2D eigenvalue weighted by Gasteiger charge is -2.09. The first kappa shape index (κ1) is 14.1. The highest BCUT2D eigenvalue weighted by Crippen LogP contribution is 2.11. The fourth-order valence-corrected chi connectivity index (χ4v) is 1.36. The summed E-state index contributed by atoms with van der Waals surface area (Å²) < 4.78 is 4.68. The number of ether oxygens (including phenoxy) is 1. The van der Waals surface area contributed by atoms with E-state index in [0.717, 1.165) is 0 Å². The van der Waals surface area contributed by atoms with Crippen molar-refractivity contribution in [3.63, 3.8) is 0 Å². The van der Waals surface area contributed by atoms with Crippen LogP contribution in [-0.4, -0.2) is 23.7 Å². The van der Waals surface area contributed by atoms with E-state index in [1.807, 2.05) is 0 Å². The number of benzene rings is 1. The SMILES string of the molecule is C=C(CC(C)CO)C(=O)OC(=O)c1ccccc1. The molecule has 1 atom stereocenters. The van der Waals surface area contributed by atoms with E-state index in [9.17, 15) is 9.59 Å². The average Bonchev–Trinajstić information content (AvgIpc) is 2.39. The number of hydrogen-bond donors (Lipinski definition) is 1. The van der Waals surface area contributed by atoms with E-state index >= 15 is 0 Å². The molecule has 0 spiro atoms. The van der Waals surface area contributed by atoms with Crippen LogP contribution in [0.1, 0.15) is 23.7 Å². The van der Waals surface area contributed by atoms with Crippen molar-refractivity contribution in [2.24, 2.45) is 5.92 Å². The van der Waals surface area contributed by atoms with Gasteiger partial charge in [-0.25, -0.2) is 9.59 Å². The summed E-state index contributed by atoms with van der Waals surface area (Å²) in [5.41, 5.74) is 0.495. The first-order chi connectivity index (χ1) is 8.54. The van der Waals surface area contributed by atoms with Gasteiger partial charge in [-0.2, -0.15) is 0 Å². The maximum atomic E-state index is 11.6. The van der Waals surface area contributed by atoms with E-state index < -0.39 is 11.9 Å². The Kier molecular flexibility index (Phi) is 5.27. The fourth-order valence-electron chi connectivity index (χ4n) is 1.36. The molecule has 96 valence electrons. The van der Waals surface area contributed by atoms with Gasteiger partial charge in [-0.3, -0.25) is 0 Å². The topological polar surface area (TPSA) is 63.6 Å². The number of rotatable bonds is 5. The lowest BCUT2D eigenvalue weighted by Crippen LogP contribution is -2.16. The van der Waals surface area contributed by atoms with Crippen LogP contribution in [-0.2, 0) is 9.53 Å². The molecule has 0 heterocycles. The molecule has 1 aromatic carbocycles. The van der Waals surface area contributed by atoms with Gasteiger partial charge in [-0.1, -0.05) is 31.7 Å². The molecule has 1 rings (SSSR count). The van der Waals surface area contributed by atoms with E-state index in [1.54, 1.807) is 37.3 Å². The number of esters is 2. The Labute approximate surface area is 106 Å². The first-order valence-electron chi connectivity index (χ1n) is 5.64. The molecule has 0 radical (unpaired) electrons. The Morgan fingerprint density at radius 3 is 2.50 bits per heavy atom. The molecule has 0 aliphatic heterocycles. The van der Waals surface area contributed by atoms with Crippen LogP contribution in [0, 0.1) is 5.92 Å². The van der Waals surface area contributed by atoms with Crippen molar-refractivity contribution in [2.45, 2.75) is 13.3 Å². The predicted molar refractivity (Wildman–Crippen MR) is 66.9 cm³/mol. The normalized spacial score (nSPS) is 11.7. The molecule has 4 nitrogen and oxygen atoms in total. The summed E-state index contributed by atoms with van der Waals surface area (Å²) in [6, 6.07) is 8.26. The lowest BCUT2D eigenvalue weighted by molar-refractivity contribution is -0.133. The van der Waals surface area contributed by atoms with Gasteiger partial charge < -0.3 is 9.84 Å². The summed E-state index contributed by atoms with van der Waals surface area (Å²) in [5.74, 6) is -1.53. The molecule has 18 heavy (non-hydrogen) atoms. The Bertz CT molecular complexity index is 436. The Hall–Kier alpha value is -1.94. The average molecular weight is 248 g/mol. The van der Waals surface area contributed by atoms with Crippen LogP contribution in [0.5, 0.6) is 0 Å². The summed E-state index contributed by atoms with van der Waals surface area (Å²) in [6.07, 6.45) is 0.303. The van der Waals surface area contributed by atoms with Gasteiger partial charge in [0.1, 0.15) is 0 Å². The van der Waals surface area contributed by atoms with Crippen LogP contribution in [0.2, 0.25) is 0 Å². The molecule has 0 saturated heterocycles. The smallest absolute Gasteiger partial charge is 0.346 e. The molecule has 1 aromatic rings. The second-order valence-corrected chi connectivity index (χ2v) is 4.14. The zero-order valence-electron chi connectivity index (χ0n) is 10.3. The van der Waals surface area contributed by atoms with Crippen LogP contribution in [0.4, 0.5) is 0 Å². The van der Waals surface area contributed by atoms with E-state index in [-0.39, 0.29) is 18.1 Å².